The number of imide groups is 1. The molecule has 0 aliphatic carbocycles. The van der Waals surface area contributed by atoms with Crippen molar-refractivity contribution in [1.29, 1.82) is 0 Å². The van der Waals surface area contributed by atoms with E-state index in [0.717, 1.165) is 11.0 Å². The predicted octanol–water partition coefficient (Wildman–Crippen LogP) is 0.671. The fraction of sp³-hybridized carbons (Fsp3) is 0.217. The number of benzene rings is 2. The van der Waals surface area contributed by atoms with Crippen molar-refractivity contribution in [2.75, 3.05) is 19.1 Å². The fourth-order valence-corrected chi connectivity index (χ4v) is 3.37. The van der Waals surface area contributed by atoms with Gasteiger partial charge in [-0.15, -0.1) is 0 Å². The first-order valence-corrected chi connectivity index (χ1v) is 9.67. The number of carbonyl (C=O) groups excluding carboxylic acids is 4. The zero-order valence-electron chi connectivity index (χ0n) is 17.5. The summed E-state index contributed by atoms with van der Waals surface area (Å²) in [5, 5.41) is 10.8. The van der Waals surface area contributed by atoms with Crippen molar-refractivity contribution in [3.05, 3.63) is 66.2 Å². The maximum atomic E-state index is 13.2. The molecular weight excluding hydrogens is 416 g/mol. The number of methoxy groups -OCH3 is 2. The van der Waals surface area contributed by atoms with Crippen LogP contribution in [0.4, 0.5) is 5.69 Å². The SMILES string of the molecule is COc1ccc(CN(C(=O)/C=C/C(=O)[O-])[C@@H]2CC(=O)N(c3ccc(OC)cc3)C2=O)cc1. The molecule has 1 heterocycles. The molecule has 2 aromatic carbocycles. The highest BCUT2D eigenvalue weighted by Crippen LogP contribution is 2.28. The number of rotatable bonds is 8. The van der Waals surface area contributed by atoms with E-state index in [9.17, 15) is 24.3 Å². The maximum absolute atomic E-state index is 13.2. The molecule has 32 heavy (non-hydrogen) atoms. The highest BCUT2D eigenvalue weighted by Gasteiger charge is 2.44. The lowest BCUT2D eigenvalue weighted by Crippen LogP contribution is -2.44. The number of hydrogen-bond donors (Lipinski definition) is 0. The normalized spacial score (nSPS) is 15.8. The van der Waals surface area contributed by atoms with Gasteiger partial charge in [-0.2, -0.15) is 0 Å². The van der Waals surface area contributed by atoms with E-state index in [1.807, 2.05) is 0 Å². The summed E-state index contributed by atoms with van der Waals surface area (Å²) in [5.74, 6) is -2.15. The number of aliphatic carboxylic acids is 1. The molecule has 0 radical (unpaired) electrons. The van der Waals surface area contributed by atoms with Crippen molar-refractivity contribution in [1.82, 2.24) is 4.90 Å². The van der Waals surface area contributed by atoms with Crippen LogP contribution in [0.3, 0.4) is 0 Å². The molecule has 0 unspecified atom stereocenters. The van der Waals surface area contributed by atoms with Gasteiger partial charge in [-0.25, -0.2) is 4.90 Å². The minimum absolute atomic E-state index is 0.0135. The molecule has 3 amide bonds. The van der Waals surface area contributed by atoms with E-state index >= 15 is 0 Å². The second kappa shape index (κ2) is 9.78. The fourth-order valence-electron chi connectivity index (χ4n) is 3.37. The molecule has 166 valence electrons. The summed E-state index contributed by atoms with van der Waals surface area (Å²) in [6, 6.07) is 12.1. The Labute approximate surface area is 184 Å². The number of hydrogen-bond acceptors (Lipinski definition) is 7. The average molecular weight is 437 g/mol. The topological polar surface area (TPSA) is 116 Å². The molecule has 0 bridgehead atoms. The summed E-state index contributed by atoms with van der Waals surface area (Å²) in [6.45, 7) is -0.0135. The van der Waals surface area contributed by atoms with Gasteiger partial charge in [0, 0.05) is 12.6 Å². The van der Waals surface area contributed by atoms with Gasteiger partial charge >= 0.3 is 0 Å². The van der Waals surface area contributed by atoms with Crippen molar-refractivity contribution in [3.8, 4) is 11.5 Å². The van der Waals surface area contributed by atoms with E-state index in [4.69, 9.17) is 9.47 Å². The van der Waals surface area contributed by atoms with E-state index in [-0.39, 0.29) is 13.0 Å². The molecule has 3 rings (SSSR count). The Kier molecular flexibility index (Phi) is 6.89. The Morgan fingerprint density at radius 1 is 1.00 bits per heavy atom. The van der Waals surface area contributed by atoms with Crippen LogP contribution in [0, 0.1) is 0 Å². The number of nitrogens with zero attached hydrogens (tertiary/aromatic N) is 2. The minimum Gasteiger partial charge on any atom is -0.545 e. The molecular formula is C23H21N2O7-. The number of carboxylic acid groups (broad SMARTS) is 1. The Hall–Kier alpha value is -4.14. The number of carboxylic acids is 1. The van der Waals surface area contributed by atoms with Crippen molar-refractivity contribution in [3.63, 3.8) is 0 Å². The lowest BCUT2D eigenvalue weighted by molar-refractivity contribution is -0.297. The number of carbonyl (C=O) groups is 4. The van der Waals surface area contributed by atoms with Gasteiger partial charge in [0.2, 0.25) is 11.8 Å². The second-order valence-electron chi connectivity index (χ2n) is 6.95. The molecule has 1 saturated heterocycles. The maximum Gasteiger partial charge on any atom is 0.257 e. The number of amides is 3. The first-order valence-electron chi connectivity index (χ1n) is 9.67. The summed E-state index contributed by atoms with van der Waals surface area (Å²) in [5.41, 5.74) is 1.02. The van der Waals surface area contributed by atoms with Crippen molar-refractivity contribution >= 4 is 29.4 Å². The summed E-state index contributed by atoms with van der Waals surface area (Å²) in [6.07, 6.45) is 1.17. The zero-order valence-corrected chi connectivity index (χ0v) is 17.5. The molecule has 0 N–H and O–H groups in total. The van der Waals surface area contributed by atoms with Crippen molar-refractivity contribution in [2.24, 2.45) is 0 Å². The lowest BCUT2D eigenvalue weighted by atomic mass is 10.1. The van der Waals surface area contributed by atoms with E-state index < -0.39 is 29.7 Å². The van der Waals surface area contributed by atoms with Crippen LogP contribution < -0.4 is 19.5 Å². The molecule has 1 atom stereocenters. The third-order valence-corrected chi connectivity index (χ3v) is 4.99. The highest BCUT2D eigenvalue weighted by atomic mass is 16.5. The van der Waals surface area contributed by atoms with Crippen molar-refractivity contribution < 1.29 is 33.8 Å². The summed E-state index contributed by atoms with van der Waals surface area (Å²) >= 11 is 0. The van der Waals surface area contributed by atoms with Gasteiger partial charge in [0.1, 0.15) is 17.5 Å². The van der Waals surface area contributed by atoms with Crippen LogP contribution in [0.25, 0.3) is 0 Å². The molecule has 0 spiro atoms. The van der Waals surface area contributed by atoms with Crippen molar-refractivity contribution in [2.45, 2.75) is 19.0 Å². The van der Waals surface area contributed by atoms with Crippen LogP contribution in [-0.4, -0.2) is 48.9 Å². The Morgan fingerprint density at radius 2 is 1.56 bits per heavy atom. The third-order valence-electron chi connectivity index (χ3n) is 4.99. The molecule has 1 aliphatic rings. The van der Waals surface area contributed by atoms with E-state index in [1.165, 1.54) is 19.1 Å². The highest BCUT2D eigenvalue weighted by molar-refractivity contribution is 6.23. The van der Waals surface area contributed by atoms with Gasteiger partial charge in [-0.3, -0.25) is 14.4 Å². The zero-order chi connectivity index (χ0) is 23.3. The molecule has 9 nitrogen and oxygen atoms in total. The van der Waals surface area contributed by atoms with Gasteiger partial charge in [-0.05, 0) is 48.0 Å². The van der Waals surface area contributed by atoms with Gasteiger partial charge in [0.05, 0.1) is 32.3 Å². The summed E-state index contributed by atoms with van der Waals surface area (Å²) in [7, 11) is 3.02. The van der Waals surface area contributed by atoms with Gasteiger partial charge < -0.3 is 24.3 Å². The Balaban J connectivity index is 1.90. The molecule has 0 saturated carbocycles. The van der Waals surface area contributed by atoms with Crippen LogP contribution in [0.15, 0.2) is 60.7 Å². The van der Waals surface area contributed by atoms with E-state index in [0.29, 0.717) is 28.8 Å². The smallest absolute Gasteiger partial charge is 0.257 e. The lowest BCUT2D eigenvalue weighted by Gasteiger charge is -2.27. The van der Waals surface area contributed by atoms with Crippen LogP contribution in [-0.2, 0) is 25.7 Å². The van der Waals surface area contributed by atoms with Crippen LogP contribution in [0.1, 0.15) is 12.0 Å². The molecule has 2 aromatic rings. The molecule has 1 fully saturated rings. The van der Waals surface area contributed by atoms with Crippen LogP contribution >= 0.6 is 0 Å². The number of anilines is 1. The van der Waals surface area contributed by atoms with Crippen LogP contribution in [0.2, 0.25) is 0 Å². The standard InChI is InChI=1S/C23H22N2O7/c1-31-17-7-3-15(4-8-17)14-24(20(26)11-12-22(28)29)19-13-21(27)25(23(19)30)16-5-9-18(32-2)10-6-16/h3-12,19H,13-14H2,1-2H3,(H,28,29)/p-1/b12-11+/t19-/m1/s1. The molecule has 1 aliphatic heterocycles. The van der Waals surface area contributed by atoms with Gasteiger partial charge in [0.25, 0.3) is 5.91 Å². The van der Waals surface area contributed by atoms with E-state index in [2.05, 4.69) is 0 Å². The summed E-state index contributed by atoms with van der Waals surface area (Å²) < 4.78 is 10.2. The Morgan fingerprint density at radius 3 is 2.09 bits per heavy atom. The minimum atomic E-state index is -1.54. The Bertz CT molecular complexity index is 1050. The predicted molar refractivity (Wildman–Crippen MR) is 112 cm³/mol. The first kappa shape index (κ1) is 22.5. The third kappa shape index (κ3) is 4.94. The van der Waals surface area contributed by atoms with E-state index in [1.54, 1.807) is 48.5 Å². The number of ether oxygens (including phenoxy) is 2. The van der Waals surface area contributed by atoms with Gasteiger partial charge in [-0.1, -0.05) is 12.1 Å². The monoisotopic (exact) mass is 437 g/mol. The summed E-state index contributed by atoms with van der Waals surface area (Å²) in [4.78, 5) is 51.5. The first-order chi connectivity index (χ1) is 15.3. The van der Waals surface area contributed by atoms with Gasteiger partial charge in [0.15, 0.2) is 0 Å². The molecule has 9 heteroatoms. The average Bonchev–Trinajstić information content (AvgIpc) is 3.09. The van der Waals surface area contributed by atoms with Crippen LogP contribution in [0.5, 0.6) is 11.5 Å². The second-order valence-corrected chi connectivity index (χ2v) is 6.95. The quantitative estimate of drug-likeness (QED) is 0.440. The largest absolute Gasteiger partial charge is 0.545 e. The molecule has 0 aromatic heterocycles.